The maximum atomic E-state index is 10.6. The lowest BCUT2D eigenvalue weighted by molar-refractivity contribution is -0.385. The van der Waals surface area contributed by atoms with E-state index in [4.69, 9.17) is 0 Å². The number of aromatic carboxylic acids is 1. The van der Waals surface area contributed by atoms with E-state index >= 15 is 0 Å². The van der Waals surface area contributed by atoms with Gasteiger partial charge < -0.3 is 9.90 Å². The minimum absolute atomic E-state index is 0.105. The summed E-state index contributed by atoms with van der Waals surface area (Å²) in [5.74, 6) is -1.41. The molecular weight excluding hydrogens is 254 g/mol. The maximum absolute atomic E-state index is 10.6. The zero-order valence-corrected chi connectivity index (χ0v) is 8.48. The predicted molar refractivity (Wildman–Crippen MR) is 50.1 cm³/mol. The highest BCUT2D eigenvalue weighted by atomic mass is 79.9. The Labute approximate surface area is 87.6 Å². The van der Waals surface area contributed by atoms with Crippen LogP contribution in [0.1, 0.15) is 15.9 Å². The summed E-state index contributed by atoms with van der Waals surface area (Å²) in [6.07, 6.45) is 0. The lowest BCUT2D eigenvalue weighted by atomic mass is 10.1. The van der Waals surface area contributed by atoms with Gasteiger partial charge in [0, 0.05) is 22.5 Å². The molecule has 0 saturated heterocycles. The van der Waals surface area contributed by atoms with E-state index in [1.807, 2.05) is 0 Å². The van der Waals surface area contributed by atoms with Crippen LogP contribution < -0.4 is 5.11 Å². The molecule has 0 amide bonds. The lowest BCUT2D eigenvalue weighted by Gasteiger charge is -2.07. The van der Waals surface area contributed by atoms with Crippen LogP contribution in [0.3, 0.4) is 0 Å². The van der Waals surface area contributed by atoms with Gasteiger partial charge in [-0.15, -0.1) is 0 Å². The highest BCUT2D eigenvalue weighted by Gasteiger charge is 2.16. The molecule has 0 atom stereocenters. The highest BCUT2D eigenvalue weighted by Crippen LogP contribution is 2.24. The summed E-state index contributed by atoms with van der Waals surface area (Å²) in [4.78, 5) is 20.5. The number of carboxylic acid groups (broad SMARTS) is 1. The van der Waals surface area contributed by atoms with Crippen LogP contribution in [-0.4, -0.2) is 10.9 Å². The Balaban J connectivity index is 3.39. The third-order valence-corrected chi connectivity index (χ3v) is 2.26. The number of hydrogen-bond donors (Lipinski definition) is 0. The van der Waals surface area contributed by atoms with Crippen molar-refractivity contribution in [2.75, 3.05) is 0 Å². The Hall–Kier alpha value is -1.43. The molecule has 1 aromatic rings. The summed E-state index contributed by atoms with van der Waals surface area (Å²) in [6, 6.07) is 3.84. The van der Waals surface area contributed by atoms with E-state index in [1.165, 1.54) is 18.2 Å². The van der Waals surface area contributed by atoms with E-state index in [1.54, 1.807) is 0 Å². The molecule has 1 aromatic carbocycles. The van der Waals surface area contributed by atoms with E-state index in [0.29, 0.717) is 0 Å². The summed E-state index contributed by atoms with van der Waals surface area (Å²) < 4.78 is 0. The van der Waals surface area contributed by atoms with Crippen molar-refractivity contribution in [1.82, 2.24) is 0 Å². The molecule has 5 nitrogen and oxygen atoms in total. The van der Waals surface area contributed by atoms with E-state index in [-0.39, 0.29) is 22.1 Å². The molecule has 0 aliphatic carbocycles. The van der Waals surface area contributed by atoms with Crippen LogP contribution in [0.2, 0.25) is 0 Å². The Morgan fingerprint density at radius 2 is 2.14 bits per heavy atom. The number of hydrogen-bond acceptors (Lipinski definition) is 4. The molecule has 0 bridgehead atoms. The Morgan fingerprint density at radius 3 is 2.57 bits per heavy atom. The molecular formula is C8H5BrNO4-. The quantitative estimate of drug-likeness (QED) is 0.457. The van der Waals surface area contributed by atoms with Crippen molar-refractivity contribution in [3.05, 3.63) is 39.4 Å². The number of carbonyl (C=O) groups is 1. The van der Waals surface area contributed by atoms with Crippen LogP contribution in [0.25, 0.3) is 0 Å². The minimum Gasteiger partial charge on any atom is -0.545 e. The second kappa shape index (κ2) is 4.19. The molecule has 74 valence electrons. The number of nitro benzene ring substituents is 1. The van der Waals surface area contributed by atoms with Gasteiger partial charge >= 0.3 is 0 Å². The Morgan fingerprint density at radius 1 is 1.50 bits per heavy atom. The van der Waals surface area contributed by atoms with Crippen LogP contribution in [0.15, 0.2) is 18.2 Å². The van der Waals surface area contributed by atoms with E-state index in [9.17, 15) is 20.0 Å². The van der Waals surface area contributed by atoms with Gasteiger partial charge in [0.15, 0.2) is 0 Å². The molecule has 6 heteroatoms. The standard InChI is InChI=1S/C8H6BrNO4/c9-4-6-5(8(11)12)2-1-3-7(6)10(13)14/h1-3H,4H2,(H,11,12)/p-1. The Kier molecular flexibility index (Phi) is 3.19. The maximum Gasteiger partial charge on any atom is 0.274 e. The molecule has 14 heavy (non-hydrogen) atoms. The second-order valence-electron chi connectivity index (χ2n) is 2.48. The van der Waals surface area contributed by atoms with Crippen LogP contribution >= 0.6 is 15.9 Å². The first kappa shape index (κ1) is 10.6. The van der Waals surface area contributed by atoms with Gasteiger partial charge in [0.05, 0.1) is 10.9 Å². The fraction of sp³-hybridized carbons (Fsp3) is 0.125. The number of nitro groups is 1. The average molecular weight is 259 g/mol. The smallest absolute Gasteiger partial charge is 0.274 e. The van der Waals surface area contributed by atoms with Crippen molar-refractivity contribution in [3.8, 4) is 0 Å². The first-order valence-corrected chi connectivity index (χ1v) is 4.73. The molecule has 0 fully saturated rings. The monoisotopic (exact) mass is 258 g/mol. The van der Waals surface area contributed by atoms with Crippen LogP contribution in [-0.2, 0) is 5.33 Å². The summed E-state index contributed by atoms with van der Waals surface area (Å²) in [7, 11) is 0. The number of carboxylic acids is 1. The normalized spacial score (nSPS) is 9.79. The van der Waals surface area contributed by atoms with Gasteiger partial charge in [-0.25, -0.2) is 0 Å². The van der Waals surface area contributed by atoms with Crippen molar-refractivity contribution >= 4 is 27.6 Å². The van der Waals surface area contributed by atoms with E-state index < -0.39 is 10.9 Å². The van der Waals surface area contributed by atoms with Gasteiger partial charge in [-0.1, -0.05) is 28.1 Å². The number of halogens is 1. The van der Waals surface area contributed by atoms with Crippen LogP contribution in [0.5, 0.6) is 0 Å². The molecule has 0 heterocycles. The topological polar surface area (TPSA) is 83.3 Å². The molecule has 0 aromatic heterocycles. The molecule has 0 spiro atoms. The molecule has 0 radical (unpaired) electrons. The zero-order chi connectivity index (χ0) is 10.7. The first-order valence-electron chi connectivity index (χ1n) is 3.61. The SMILES string of the molecule is O=C([O-])c1cccc([N+](=O)[O-])c1CBr. The van der Waals surface area contributed by atoms with Gasteiger partial charge in [-0.3, -0.25) is 10.1 Å². The van der Waals surface area contributed by atoms with Gasteiger partial charge in [0.25, 0.3) is 5.69 Å². The molecule has 0 aliphatic rings. The van der Waals surface area contributed by atoms with Crippen molar-refractivity contribution in [1.29, 1.82) is 0 Å². The van der Waals surface area contributed by atoms with E-state index in [2.05, 4.69) is 15.9 Å². The number of alkyl halides is 1. The molecule has 1 rings (SSSR count). The molecule has 0 saturated carbocycles. The van der Waals surface area contributed by atoms with Crippen molar-refractivity contribution in [2.24, 2.45) is 0 Å². The fourth-order valence-corrected chi connectivity index (χ4v) is 1.67. The summed E-state index contributed by atoms with van der Waals surface area (Å²) in [5.41, 5.74) is -0.253. The Bertz CT molecular complexity index is 359. The molecule has 0 unspecified atom stereocenters. The zero-order valence-electron chi connectivity index (χ0n) is 6.90. The molecule has 0 N–H and O–H groups in total. The van der Waals surface area contributed by atoms with Gasteiger partial charge in [-0.2, -0.15) is 0 Å². The third kappa shape index (κ3) is 1.90. The fourth-order valence-electron chi connectivity index (χ4n) is 1.08. The first-order chi connectivity index (χ1) is 6.57. The summed E-state index contributed by atoms with van der Waals surface area (Å²) in [6.45, 7) is 0. The number of rotatable bonds is 3. The average Bonchev–Trinajstić information content (AvgIpc) is 2.16. The van der Waals surface area contributed by atoms with Crippen molar-refractivity contribution in [3.63, 3.8) is 0 Å². The van der Waals surface area contributed by atoms with Gasteiger partial charge in [0.1, 0.15) is 0 Å². The van der Waals surface area contributed by atoms with E-state index in [0.717, 1.165) is 0 Å². The van der Waals surface area contributed by atoms with Crippen LogP contribution in [0.4, 0.5) is 5.69 Å². The predicted octanol–water partition coefficient (Wildman–Crippen LogP) is 0.853. The van der Waals surface area contributed by atoms with Gasteiger partial charge in [0.2, 0.25) is 0 Å². The minimum atomic E-state index is -1.41. The number of nitrogens with zero attached hydrogens (tertiary/aromatic N) is 1. The summed E-state index contributed by atoms with van der Waals surface area (Å²) in [5, 5.41) is 21.2. The second-order valence-corrected chi connectivity index (χ2v) is 3.04. The van der Waals surface area contributed by atoms with Crippen molar-refractivity contribution < 1.29 is 14.8 Å². The van der Waals surface area contributed by atoms with Crippen molar-refractivity contribution in [2.45, 2.75) is 5.33 Å². The molecule has 0 aliphatic heterocycles. The third-order valence-electron chi connectivity index (χ3n) is 1.70. The van der Waals surface area contributed by atoms with Crippen LogP contribution in [0, 0.1) is 10.1 Å². The largest absolute Gasteiger partial charge is 0.545 e. The number of benzene rings is 1. The lowest BCUT2D eigenvalue weighted by Crippen LogP contribution is -2.23. The highest BCUT2D eigenvalue weighted by molar-refractivity contribution is 9.08. The number of carbonyl (C=O) groups excluding carboxylic acids is 1. The summed E-state index contributed by atoms with van der Waals surface area (Å²) >= 11 is 3.00. The van der Waals surface area contributed by atoms with Gasteiger partial charge in [-0.05, 0) is 0 Å².